The lowest BCUT2D eigenvalue weighted by Gasteiger charge is -2.16. The van der Waals surface area contributed by atoms with Gasteiger partial charge in [0.15, 0.2) is 0 Å². The molecule has 2 rings (SSSR count). The maximum atomic E-state index is 12.5. The van der Waals surface area contributed by atoms with Crippen LogP contribution in [0.1, 0.15) is 29.3 Å². The highest BCUT2D eigenvalue weighted by Gasteiger charge is 2.26. The van der Waals surface area contributed by atoms with Crippen LogP contribution in [-0.2, 0) is 14.8 Å². The number of aliphatic carboxylic acids is 1. The van der Waals surface area contributed by atoms with E-state index in [1.165, 1.54) is 6.26 Å². The minimum Gasteiger partial charge on any atom is -0.481 e. The first-order chi connectivity index (χ1) is 10.3. The van der Waals surface area contributed by atoms with E-state index in [2.05, 4.69) is 4.72 Å². The lowest BCUT2D eigenvalue weighted by atomic mass is 10.2. The molecule has 0 fully saturated rings. The average Bonchev–Trinajstić information content (AvgIpc) is 2.94. The van der Waals surface area contributed by atoms with Crippen molar-refractivity contribution in [2.24, 2.45) is 0 Å². The van der Waals surface area contributed by atoms with Crippen molar-refractivity contribution in [3.05, 3.63) is 53.5 Å². The van der Waals surface area contributed by atoms with Gasteiger partial charge in [0.1, 0.15) is 5.76 Å². The number of aryl methyl sites for hydroxylation is 2. The Morgan fingerprint density at radius 2 is 2.05 bits per heavy atom. The van der Waals surface area contributed by atoms with Crippen molar-refractivity contribution in [1.29, 1.82) is 0 Å². The molecule has 118 valence electrons. The summed E-state index contributed by atoms with van der Waals surface area (Å²) >= 11 is 0. The molecular formula is C15H17NO5S. The van der Waals surface area contributed by atoms with Crippen LogP contribution < -0.4 is 4.72 Å². The normalized spacial score (nSPS) is 13.0. The van der Waals surface area contributed by atoms with Crippen LogP contribution in [0, 0.1) is 13.8 Å². The van der Waals surface area contributed by atoms with Gasteiger partial charge in [0, 0.05) is 0 Å². The van der Waals surface area contributed by atoms with Gasteiger partial charge in [-0.3, -0.25) is 4.79 Å². The van der Waals surface area contributed by atoms with Crippen molar-refractivity contribution in [2.75, 3.05) is 0 Å². The summed E-state index contributed by atoms with van der Waals surface area (Å²) in [5.74, 6) is -0.860. The SMILES string of the molecule is Cc1ccc(C)c(S(=O)(=O)NC(CC(=O)O)c2ccco2)c1. The molecule has 0 amide bonds. The van der Waals surface area contributed by atoms with Crippen LogP contribution >= 0.6 is 0 Å². The van der Waals surface area contributed by atoms with E-state index in [4.69, 9.17) is 9.52 Å². The Balaban J connectivity index is 2.36. The standard InChI is InChI=1S/C15H17NO5S/c1-10-5-6-11(2)14(8-10)22(19,20)16-12(9-15(17)18)13-4-3-7-21-13/h3-8,12,16H,9H2,1-2H3,(H,17,18). The zero-order valence-corrected chi connectivity index (χ0v) is 13.1. The summed E-state index contributed by atoms with van der Waals surface area (Å²) in [6, 6.07) is 7.24. The van der Waals surface area contributed by atoms with Crippen LogP contribution in [0.3, 0.4) is 0 Å². The molecule has 1 unspecified atom stereocenters. The highest BCUT2D eigenvalue weighted by atomic mass is 32.2. The number of carbonyl (C=O) groups is 1. The Morgan fingerprint density at radius 1 is 1.32 bits per heavy atom. The predicted octanol–water partition coefficient (Wildman–Crippen LogP) is 2.39. The van der Waals surface area contributed by atoms with Crippen molar-refractivity contribution >= 4 is 16.0 Å². The van der Waals surface area contributed by atoms with Crippen LogP contribution in [0.25, 0.3) is 0 Å². The number of furan rings is 1. The summed E-state index contributed by atoms with van der Waals surface area (Å²) in [7, 11) is -3.86. The fourth-order valence-electron chi connectivity index (χ4n) is 2.11. The van der Waals surface area contributed by atoms with Gasteiger partial charge in [0.05, 0.1) is 23.6 Å². The maximum absolute atomic E-state index is 12.5. The predicted molar refractivity (Wildman–Crippen MR) is 79.9 cm³/mol. The number of benzene rings is 1. The molecule has 0 radical (unpaired) electrons. The lowest BCUT2D eigenvalue weighted by molar-refractivity contribution is -0.137. The first-order valence-corrected chi connectivity index (χ1v) is 8.12. The molecular weight excluding hydrogens is 306 g/mol. The summed E-state index contributed by atoms with van der Waals surface area (Å²) in [6.45, 7) is 3.48. The number of carboxylic acids is 1. The number of nitrogens with one attached hydrogen (secondary N) is 1. The largest absolute Gasteiger partial charge is 0.481 e. The van der Waals surface area contributed by atoms with E-state index in [0.717, 1.165) is 5.56 Å². The second-order valence-corrected chi connectivity index (χ2v) is 6.74. The van der Waals surface area contributed by atoms with Crippen LogP contribution in [0.4, 0.5) is 0 Å². The Kier molecular flexibility index (Phi) is 4.68. The molecule has 0 saturated heterocycles. The molecule has 7 heteroatoms. The number of carboxylic acid groups (broad SMARTS) is 1. The zero-order chi connectivity index (χ0) is 16.3. The topological polar surface area (TPSA) is 96.6 Å². The molecule has 1 aromatic carbocycles. The lowest BCUT2D eigenvalue weighted by Crippen LogP contribution is -2.30. The molecule has 1 atom stereocenters. The van der Waals surface area contributed by atoms with Gasteiger partial charge in [-0.05, 0) is 43.2 Å². The summed E-state index contributed by atoms with van der Waals surface area (Å²) in [6.07, 6.45) is 0.966. The van der Waals surface area contributed by atoms with E-state index >= 15 is 0 Å². The second kappa shape index (κ2) is 6.33. The first kappa shape index (κ1) is 16.3. The van der Waals surface area contributed by atoms with Crippen LogP contribution in [0.15, 0.2) is 45.9 Å². The Labute approximate surface area is 128 Å². The third-order valence-electron chi connectivity index (χ3n) is 3.20. The van der Waals surface area contributed by atoms with E-state index < -0.39 is 28.5 Å². The van der Waals surface area contributed by atoms with Crippen LogP contribution in [0.5, 0.6) is 0 Å². The van der Waals surface area contributed by atoms with Crippen LogP contribution in [0.2, 0.25) is 0 Å². The smallest absolute Gasteiger partial charge is 0.305 e. The molecule has 0 bridgehead atoms. The van der Waals surface area contributed by atoms with Gasteiger partial charge in [-0.2, -0.15) is 4.72 Å². The Morgan fingerprint density at radius 3 is 2.64 bits per heavy atom. The fourth-order valence-corrected chi connectivity index (χ4v) is 3.65. The Hall–Kier alpha value is -2.12. The molecule has 0 aliphatic rings. The molecule has 1 aromatic heterocycles. The monoisotopic (exact) mass is 323 g/mol. The third kappa shape index (κ3) is 3.75. The average molecular weight is 323 g/mol. The van der Waals surface area contributed by atoms with Gasteiger partial charge >= 0.3 is 5.97 Å². The first-order valence-electron chi connectivity index (χ1n) is 6.64. The van der Waals surface area contributed by atoms with Gasteiger partial charge < -0.3 is 9.52 Å². The van der Waals surface area contributed by atoms with E-state index in [0.29, 0.717) is 5.56 Å². The highest BCUT2D eigenvalue weighted by molar-refractivity contribution is 7.89. The van der Waals surface area contributed by atoms with Crippen molar-refractivity contribution < 1.29 is 22.7 Å². The second-order valence-electron chi connectivity index (χ2n) is 5.06. The quantitative estimate of drug-likeness (QED) is 0.851. The molecule has 1 heterocycles. The van der Waals surface area contributed by atoms with Gasteiger partial charge in [-0.15, -0.1) is 0 Å². The minimum atomic E-state index is -3.86. The maximum Gasteiger partial charge on any atom is 0.305 e. The van der Waals surface area contributed by atoms with E-state index in [9.17, 15) is 13.2 Å². The minimum absolute atomic E-state index is 0.134. The van der Waals surface area contributed by atoms with Gasteiger partial charge in [-0.25, -0.2) is 8.42 Å². The van der Waals surface area contributed by atoms with Gasteiger partial charge in [0.2, 0.25) is 10.0 Å². The highest BCUT2D eigenvalue weighted by Crippen LogP contribution is 2.23. The molecule has 2 aromatic rings. The van der Waals surface area contributed by atoms with E-state index in [1.807, 2.05) is 6.07 Å². The molecule has 0 spiro atoms. The summed E-state index contributed by atoms with van der Waals surface area (Å²) in [4.78, 5) is 11.1. The van der Waals surface area contributed by atoms with Crippen molar-refractivity contribution in [1.82, 2.24) is 4.72 Å². The number of hydrogen-bond acceptors (Lipinski definition) is 4. The molecule has 0 aliphatic carbocycles. The molecule has 2 N–H and O–H groups in total. The summed E-state index contributed by atoms with van der Waals surface area (Å²) < 4.78 is 32.6. The van der Waals surface area contributed by atoms with Crippen molar-refractivity contribution in [3.8, 4) is 0 Å². The molecule has 0 aliphatic heterocycles. The summed E-state index contributed by atoms with van der Waals surface area (Å²) in [5, 5.41) is 8.97. The Bertz CT molecular complexity index is 765. The van der Waals surface area contributed by atoms with Gasteiger partial charge in [0.25, 0.3) is 0 Å². The number of rotatable bonds is 6. The molecule has 22 heavy (non-hydrogen) atoms. The molecule has 0 saturated carbocycles. The zero-order valence-electron chi connectivity index (χ0n) is 12.2. The summed E-state index contributed by atoms with van der Waals surface area (Å²) in [5.41, 5.74) is 1.39. The van der Waals surface area contributed by atoms with Gasteiger partial charge in [-0.1, -0.05) is 12.1 Å². The number of sulfonamides is 1. The van der Waals surface area contributed by atoms with Crippen molar-refractivity contribution in [3.63, 3.8) is 0 Å². The fraction of sp³-hybridized carbons (Fsp3) is 0.267. The van der Waals surface area contributed by atoms with E-state index in [1.54, 1.807) is 38.1 Å². The molecule has 6 nitrogen and oxygen atoms in total. The third-order valence-corrected chi connectivity index (χ3v) is 4.81. The van der Waals surface area contributed by atoms with E-state index in [-0.39, 0.29) is 10.7 Å². The van der Waals surface area contributed by atoms with Crippen LogP contribution in [-0.4, -0.2) is 19.5 Å². The number of hydrogen-bond donors (Lipinski definition) is 2. The van der Waals surface area contributed by atoms with Crippen molar-refractivity contribution in [2.45, 2.75) is 31.2 Å².